The molecule has 0 aliphatic rings. The number of nitrogens with zero attached hydrogens (tertiary/aromatic N) is 2. The zero-order valence-electron chi connectivity index (χ0n) is 19.6. The summed E-state index contributed by atoms with van der Waals surface area (Å²) in [6.07, 6.45) is 8.32. The average molecular weight is 491 g/mol. The monoisotopic (exact) mass is 490 g/mol. The second-order valence-electron chi connectivity index (χ2n) is 8.96. The number of aromatic nitrogens is 2. The molecule has 0 aliphatic heterocycles. The highest BCUT2D eigenvalue weighted by Gasteiger charge is 2.17. The fraction of sp³-hybridized carbons (Fsp3) is 0.481. The lowest BCUT2D eigenvalue weighted by atomic mass is 9.95. The highest BCUT2D eigenvalue weighted by atomic mass is 32.2. The Labute approximate surface area is 210 Å². The summed E-state index contributed by atoms with van der Waals surface area (Å²) < 4.78 is 0. The molecule has 0 atom stereocenters. The molecular formula is C27H42N2O2S2. The SMILES string of the molecule is C.C.CC(=O)/C=C/C(C)(C)CSc1ccc(C)cn1.Cc1ccc(SCC(C)(C)C=O)nc1. The van der Waals surface area contributed by atoms with E-state index in [4.69, 9.17) is 0 Å². The van der Waals surface area contributed by atoms with Gasteiger partial charge in [-0.15, -0.1) is 23.5 Å². The van der Waals surface area contributed by atoms with Crippen LogP contribution in [0.1, 0.15) is 60.6 Å². The highest BCUT2D eigenvalue weighted by molar-refractivity contribution is 7.99. The number of ketones is 1. The van der Waals surface area contributed by atoms with Gasteiger partial charge in [0.05, 0.1) is 10.1 Å². The molecule has 33 heavy (non-hydrogen) atoms. The first kappa shape index (κ1) is 33.3. The summed E-state index contributed by atoms with van der Waals surface area (Å²) in [4.78, 5) is 30.2. The molecule has 0 N–H and O–H groups in total. The van der Waals surface area contributed by atoms with Gasteiger partial charge in [0.2, 0.25) is 0 Å². The van der Waals surface area contributed by atoms with E-state index in [0.717, 1.165) is 33.4 Å². The van der Waals surface area contributed by atoms with Crippen molar-refractivity contribution in [2.75, 3.05) is 11.5 Å². The summed E-state index contributed by atoms with van der Waals surface area (Å²) in [6.45, 7) is 13.7. The maximum absolute atomic E-state index is 10.9. The Balaban J connectivity index is 0. The molecule has 0 fully saturated rings. The van der Waals surface area contributed by atoms with Crippen LogP contribution >= 0.6 is 23.5 Å². The van der Waals surface area contributed by atoms with E-state index in [1.807, 2.05) is 64.4 Å². The number of hydrogen-bond acceptors (Lipinski definition) is 6. The van der Waals surface area contributed by atoms with Crippen LogP contribution in [-0.4, -0.2) is 33.5 Å². The smallest absolute Gasteiger partial charge is 0.152 e. The molecule has 0 saturated carbocycles. The van der Waals surface area contributed by atoms with E-state index in [1.165, 1.54) is 5.56 Å². The molecule has 2 heterocycles. The molecular weight excluding hydrogens is 448 g/mol. The normalized spacial score (nSPS) is 11.0. The van der Waals surface area contributed by atoms with Crippen molar-refractivity contribution in [3.8, 4) is 0 Å². The third kappa shape index (κ3) is 15.5. The number of hydrogen-bond donors (Lipinski definition) is 0. The van der Waals surface area contributed by atoms with Gasteiger partial charge >= 0.3 is 0 Å². The molecule has 0 radical (unpaired) electrons. The van der Waals surface area contributed by atoms with Crippen LogP contribution in [0.3, 0.4) is 0 Å². The van der Waals surface area contributed by atoms with Gasteiger partial charge in [-0.2, -0.15) is 0 Å². The Morgan fingerprint density at radius 2 is 1.27 bits per heavy atom. The molecule has 6 heteroatoms. The van der Waals surface area contributed by atoms with E-state index in [0.29, 0.717) is 0 Å². The fourth-order valence-electron chi connectivity index (χ4n) is 2.02. The molecule has 184 valence electrons. The summed E-state index contributed by atoms with van der Waals surface area (Å²) in [5.41, 5.74) is 2.06. The van der Waals surface area contributed by atoms with Crippen LogP contribution in [0.15, 0.2) is 58.9 Å². The molecule has 2 aromatic rings. The van der Waals surface area contributed by atoms with E-state index < -0.39 is 0 Å². The van der Waals surface area contributed by atoms with Crippen molar-refractivity contribution in [1.29, 1.82) is 0 Å². The average Bonchev–Trinajstić information content (AvgIpc) is 2.72. The molecule has 4 nitrogen and oxygen atoms in total. The van der Waals surface area contributed by atoms with Gasteiger partial charge in [-0.1, -0.05) is 60.8 Å². The third-order valence-electron chi connectivity index (χ3n) is 4.04. The Kier molecular flexibility index (Phi) is 16.0. The molecule has 0 saturated heterocycles. The van der Waals surface area contributed by atoms with Crippen molar-refractivity contribution >= 4 is 35.6 Å². The quantitative estimate of drug-likeness (QED) is 0.204. The van der Waals surface area contributed by atoms with Crippen LogP contribution in [0.5, 0.6) is 0 Å². The van der Waals surface area contributed by atoms with Crippen molar-refractivity contribution in [2.45, 2.75) is 73.4 Å². The summed E-state index contributed by atoms with van der Waals surface area (Å²) in [5.74, 6) is 1.77. The lowest BCUT2D eigenvalue weighted by molar-refractivity contribution is -0.114. The van der Waals surface area contributed by atoms with Crippen LogP contribution in [0, 0.1) is 24.7 Å². The maximum Gasteiger partial charge on any atom is 0.152 e. The van der Waals surface area contributed by atoms with Crippen molar-refractivity contribution in [2.24, 2.45) is 10.8 Å². The Hall–Kier alpha value is -1.92. The standard InChI is InChI=1S/C14H19NOS.C11H15NOS.2CH4/c1-11-5-6-13(15-9-11)17-10-14(3,4)8-7-12(2)16;1-9-4-5-10(12-6-9)14-8-11(2,3)7-13;;/h5-9H,10H2,1-4H3;4-7H,8H2,1-3H3;2*1H4/b8-7+;;;. The van der Waals surface area contributed by atoms with Crippen LogP contribution in [0.2, 0.25) is 0 Å². The predicted molar refractivity (Wildman–Crippen MR) is 146 cm³/mol. The number of allylic oxidation sites excluding steroid dienone is 2. The van der Waals surface area contributed by atoms with Crippen LogP contribution in [0.4, 0.5) is 0 Å². The van der Waals surface area contributed by atoms with Gasteiger partial charge in [0.15, 0.2) is 5.78 Å². The highest BCUT2D eigenvalue weighted by Crippen LogP contribution is 2.27. The van der Waals surface area contributed by atoms with E-state index >= 15 is 0 Å². The molecule has 0 aromatic carbocycles. The molecule has 2 aromatic heterocycles. The van der Waals surface area contributed by atoms with Crippen LogP contribution in [-0.2, 0) is 9.59 Å². The zero-order valence-corrected chi connectivity index (χ0v) is 21.3. The first-order valence-electron chi connectivity index (χ1n) is 10.2. The Morgan fingerprint density at radius 3 is 1.61 bits per heavy atom. The fourth-order valence-corrected chi connectivity index (χ4v) is 3.81. The van der Waals surface area contributed by atoms with Crippen molar-refractivity contribution < 1.29 is 9.59 Å². The van der Waals surface area contributed by atoms with Crippen molar-refractivity contribution in [3.05, 3.63) is 59.9 Å². The van der Waals surface area contributed by atoms with Gasteiger partial charge < -0.3 is 4.79 Å². The molecule has 2 rings (SSSR count). The lowest BCUT2D eigenvalue weighted by Gasteiger charge is -2.18. The largest absolute Gasteiger partial charge is 0.303 e. The number of carbonyl (C=O) groups is 2. The van der Waals surface area contributed by atoms with Crippen LogP contribution < -0.4 is 0 Å². The lowest BCUT2D eigenvalue weighted by Crippen LogP contribution is -2.15. The second kappa shape index (κ2) is 15.8. The summed E-state index contributed by atoms with van der Waals surface area (Å²) in [6, 6.07) is 8.11. The van der Waals surface area contributed by atoms with Gasteiger partial charge in [-0.3, -0.25) is 4.79 Å². The van der Waals surface area contributed by atoms with E-state index in [-0.39, 0.29) is 31.5 Å². The Morgan fingerprint density at radius 1 is 0.848 bits per heavy atom. The number of rotatable bonds is 9. The minimum Gasteiger partial charge on any atom is -0.303 e. The van der Waals surface area contributed by atoms with Gasteiger partial charge in [-0.05, 0) is 55.5 Å². The van der Waals surface area contributed by atoms with Crippen molar-refractivity contribution in [1.82, 2.24) is 9.97 Å². The maximum atomic E-state index is 10.9. The van der Waals surface area contributed by atoms with E-state index in [9.17, 15) is 9.59 Å². The molecule has 0 aliphatic carbocycles. The van der Waals surface area contributed by atoms with Gasteiger partial charge in [0, 0.05) is 29.3 Å². The number of thioether (sulfide) groups is 2. The topological polar surface area (TPSA) is 59.9 Å². The first-order valence-corrected chi connectivity index (χ1v) is 12.2. The molecule has 0 spiro atoms. The summed E-state index contributed by atoms with van der Waals surface area (Å²) >= 11 is 3.33. The number of aldehydes is 1. The van der Waals surface area contributed by atoms with Crippen molar-refractivity contribution in [3.63, 3.8) is 0 Å². The first-order chi connectivity index (χ1) is 14.4. The molecule has 0 unspecified atom stereocenters. The summed E-state index contributed by atoms with van der Waals surface area (Å²) in [5, 5.41) is 2.01. The number of carbonyl (C=O) groups excluding carboxylic acids is 2. The minimum atomic E-state index is -0.267. The predicted octanol–water partition coefficient (Wildman–Crippen LogP) is 7.63. The van der Waals surface area contributed by atoms with E-state index in [1.54, 1.807) is 36.5 Å². The van der Waals surface area contributed by atoms with Crippen LogP contribution in [0.25, 0.3) is 0 Å². The third-order valence-corrected chi connectivity index (χ3v) is 6.89. The minimum absolute atomic E-state index is 0. The summed E-state index contributed by atoms with van der Waals surface area (Å²) in [7, 11) is 0. The second-order valence-corrected chi connectivity index (χ2v) is 11.0. The molecule has 0 amide bonds. The number of aryl methyl sites for hydroxylation is 2. The van der Waals surface area contributed by atoms with Gasteiger partial charge in [0.25, 0.3) is 0 Å². The molecule has 0 bridgehead atoms. The Bertz CT molecular complexity index is 859. The van der Waals surface area contributed by atoms with Gasteiger partial charge in [0.1, 0.15) is 6.29 Å². The van der Waals surface area contributed by atoms with Gasteiger partial charge in [-0.25, -0.2) is 9.97 Å². The zero-order chi connectivity index (χ0) is 23.5. The van der Waals surface area contributed by atoms with E-state index in [2.05, 4.69) is 29.9 Å². The number of pyridine rings is 2.